The van der Waals surface area contributed by atoms with Gasteiger partial charge in [0.1, 0.15) is 11.4 Å². The van der Waals surface area contributed by atoms with Gasteiger partial charge in [0.25, 0.3) is 0 Å². The number of likely N-dealkylation sites (tertiary alicyclic amines) is 1. The molecule has 6 heteroatoms. The van der Waals surface area contributed by atoms with Gasteiger partial charge in [0.05, 0.1) is 31.6 Å². The summed E-state index contributed by atoms with van der Waals surface area (Å²) in [5.74, 6) is -0.372. The lowest BCUT2D eigenvalue weighted by atomic mass is 9.77. The molecule has 2 aromatic rings. The molecule has 3 heterocycles. The summed E-state index contributed by atoms with van der Waals surface area (Å²) in [5, 5.41) is 3.00. The number of nitrogens with zero attached hydrogens (tertiary/aromatic N) is 1. The molecule has 0 aromatic heterocycles. The maximum atomic E-state index is 13.3. The van der Waals surface area contributed by atoms with Gasteiger partial charge in [0.2, 0.25) is 11.8 Å². The number of fused-ring (bicyclic) bond motifs is 1. The Bertz CT molecular complexity index is 1020. The van der Waals surface area contributed by atoms with Gasteiger partial charge in [-0.2, -0.15) is 0 Å². The minimum Gasteiger partial charge on any atom is -0.496 e. The average molecular weight is 418 g/mol. The fraction of sp³-hybridized carbons (Fsp3) is 0.360. The fourth-order valence-electron chi connectivity index (χ4n) is 5.12. The third-order valence-electron chi connectivity index (χ3n) is 6.64. The van der Waals surface area contributed by atoms with E-state index >= 15 is 0 Å². The molecule has 3 aliphatic heterocycles. The Morgan fingerprint density at radius 1 is 1.19 bits per heavy atom. The van der Waals surface area contributed by atoms with Gasteiger partial charge in [-0.05, 0) is 18.1 Å². The largest absolute Gasteiger partial charge is 0.496 e. The number of carbonyl (C=O) groups excluding carboxylic acids is 2. The zero-order chi connectivity index (χ0) is 21.4. The molecule has 2 fully saturated rings. The topological polar surface area (TPSA) is 67.9 Å². The van der Waals surface area contributed by atoms with Crippen LogP contribution in [0, 0.1) is 11.8 Å². The molecule has 2 saturated heterocycles. The number of para-hydroxylation sites is 1. The van der Waals surface area contributed by atoms with E-state index in [1.54, 1.807) is 7.11 Å². The van der Waals surface area contributed by atoms with Crippen LogP contribution in [0.3, 0.4) is 0 Å². The second kappa shape index (κ2) is 7.85. The molecule has 0 aliphatic carbocycles. The summed E-state index contributed by atoms with van der Waals surface area (Å²) in [6, 6.07) is 17.7. The summed E-state index contributed by atoms with van der Waals surface area (Å²) in [7, 11) is 1.61. The van der Waals surface area contributed by atoms with Crippen LogP contribution in [0.1, 0.15) is 11.1 Å². The SMILES string of the molecule is COc1ccccc1CNC(=O)C1C2C=C[C@@]3(CN(CCc4ccccc4)C(=O)C13)O2. The molecular weight excluding hydrogens is 392 g/mol. The first-order valence-electron chi connectivity index (χ1n) is 10.7. The van der Waals surface area contributed by atoms with Gasteiger partial charge >= 0.3 is 0 Å². The molecule has 3 aliphatic rings. The smallest absolute Gasteiger partial charge is 0.230 e. The Kier molecular flexibility index (Phi) is 5.02. The second-order valence-corrected chi connectivity index (χ2v) is 8.43. The number of carbonyl (C=O) groups is 2. The first kappa shape index (κ1) is 19.8. The first-order valence-corrected chi connectivity index (χ1v) is 10.7. The molecule has 2 amide bonds. The molecule has 0 radical (unpaired) electrons. The minimum atomic E-state index is -0.676. The highest BCUT2D eigenvalue weighted by atomic mass is 16.5. The number of benzene rings is 2. The Morgan fingerprint density at radius 2 is 1.97 bits per heavy atom. The van der Waals surface area contributed by atoms with Gasteiger partial charge in [-0.25, -0.2) is 0 Å². The van der Waals surface area contributed by atoms with Crippen LogP contribution < -0.4 is 10.1 Å². The lowest BCUT2D eigenvalue weighted by Gasteiger charge is -2.23. The third kappa shape index (κ3) is 3.41. The number of nitrogens with one attached hydrogen (secondary N) is 1. The van der Waals surface area contributed by atoms with Crippen LogP contribution in [0.2, 0.25) is 0 Å². The van der Waals surface area contributed by atoms with Crippen LogP contribution >= 0.6 is 0 Å². The highest BCUT2D eigenvalue weighted by Crippen LogP contribution is 2.51. The molecule has 4 atom stereocenters. The van der Waals surface area contributed by atoms with E-state index in [-0.39, 0.29) is 17.9 Å². The lowest BCUT2D eigenvalue weighted by molar-refractivity contribution is -0.137. The van der Waals surface area contributed by atoms with Crippen LogP contribution in [0.4, 0.5) is 0 Å². The van der Waals surface area contributed by atoms with Crippen molar-refractivity contribution in [2.45, 2.75) is 24.7 Å². The Hall–Kier alpha value is -3.12. The molecule has 1 N–H and O–H groups in total. The number of hydrogen-bond acceptors (Lipinski definition) is 4. The Morgan fingerprint density at radius 3 is 2.77 bits per heavy atom. The second-order valence-electron chi connectivity index (χ2n) is 8.43. The van der Waals surface area contributed by atoms with Gasteiger partial charge in [0.15, 0.2) is 0 Å². The summed E-state index contributed by atoms with van der Waals surface area (Å²) in [6.45, 7) is 1.48. The maximum Gasteiger partial charge on any atom is 0.230 e. The molecule has 5 rings (SSSR count). The van der Waals surface area contributed by atoms with Gasteiger partial charge in [-0.3, -0.25) is 9.59 Å². The van der Waals surface area contributed by atoms with Crippen LogP contribution in [-0.2, 0) is 27.3 Å². The Labute approximate surface area is 181 Å². The van der Waals surface area contributed by atoms with E-state index in [1.165, 1.54) is 5.56 Å². The zero-order valence-electron chi connectivity index (χ0n) is 17.5. The van der Waals surface area contributed by atoms with Gasteiger partial charge in [-0.1, -0.05) is 60.7 Å². The average Bonchev–Trinajstić information content (AvgIpc) is 3.45. The van der Waals surface area contributed by atoms with Crippen molar-refractivity contribution in [3.63, 3.8) is 0 Å². The monoisotopic (exact) mass is 418 g/mol. The normalized spacial score (nSPS) is 28.1. The minimum absolute atomic E-state index is 0.0141. The molecule has 1 spiro atoms. The predicted molar refractivity (Wildman–Crippen MR) is 115 cm³/mol. The Balaban J connectivity index is 1.28. The first-order chi connectivity index (χ1) is 15.1. The van der Waals surface area contributed by atoms with Crippen molar-refractivity contribution in [3.8, 4) is 5.75 Å². The molecule has 2 bridgehead atoms. The van der Waals surface area contributed by atoms with Crippen LogP contribution in [0.15, 0.2) is 66.7 Å². The zero-order valence-corrected chi connectivity index (χ0v) is 17.5. The van der Waals surface area contributed by atoms with Crippen LogP contribution in [0.5, 0.6) is 5.75 Å². The molecular formula is C25H26N2O4. The molecule has 31 heavy (non-hydrogen) atoms. The summed E-state index contributed by atoms with van der Waals surface area (Å²) < 4.78 is 11.6. The van der Waals surface area contributed by atoms with E-state index in [4.69, 9.17) is 9.47 Å². The van der Waals surface area contributed by atoms with E-state index in [1.807, 2.05) is 59.5 Å². The molecule has 2 aromatic carbocycles. The van der Waals surface area contributed by atoms with E-state index in [9.17, 15) is 9.59 Å². The van der Waals surface area contributed by atoms with Gasteiger partial charge in [-0.15, -0.1) is 0 Å². The summed E-state index contributed by atoms with van der Waals surface area (Å²) in [4.78, 5) is 28.3. The van der Waals surface area contributed by atoms with Crippen molar-refractivity contribution in [1.29, 1.82) is 0 Å². The summed E-state index contributed by atoms with van der Waals surface area (Å²) in [6.07, 6.45) is 4.38. The van der Waals surface area contributed by atoms with Crippen molar-refractivity contribution in [2.24, 2.45) is 11.8 Å². The summed E-state index contributed by atoms with van der Waals surface area (Å²) in [5.41, 5.74) is 1.41. The predicted octanol–water partition coefficient (Wildman–Crippen LogP) is 2.34. The maximum absolute atomic E-state index is 13.3. The number of hydrogen-bond donors (Lipinski definition) is 1. The van der Waals surface area contributed by atoms with E-state index in [0.29, 0.717) is 19.6 Å². The highest BCUT2D eigenvalue weighted by molar-refractivity contribution is 5.93. The summed E-state index contributed by atoms with van der Waals surface area (Å²) >= 11 is 0. The van der Waals surface area contributed by atoms with Crippen molar-refractivity contribution in [1.82, 2.24) is 10.2 Å². The standard InChI is InChI=1S/C25H26N2O4/c1-30-19-10-6-5-9-18(19)15-26-23(28)21-20-11-13-25(31-20)16-27(24(29)22(21)25)14-12-17-7-3-2-4-8-17/h2-11,13,20-22H,12,14-16H2,1H3,(H,26,28)/t20?,21?,22?,25-/m0/s1. The number of amides is 2. The third-order valence-corrected chi connectivity index (χ3v) is 6.64. The molecule has 0 saturated carbocycles. The van der Waals surface area contributed by atoms with E-state index in [2.05, 4.69) is 17.4 Å². The molecule has 6 nitrogen and oxygen atoms in total. The van der Waals surface area contributed by atoms with Gasteiger partial charge < -0.3 is 19.7 Å². The lowest BCUT2D eigenvalue weighted by Crippen LogP contribution is -2.44. The quantitative estimate of drug-likeness (QED) is 0.701. The fourth-order valence-corrected chi connectivity index (χ4v) is 5.12. The van der Waals surface area contributed by atoms with Crippen LogP contribution in [-0.4, -0.2) is 48.6 Å². The van der Waals surface area contributed by atoms with Crippen molar-refractivity contribution >= 4 is 11.8 Å². The van der Waals surface area contributed by atoms with Crippen molar-refractivity contribution in [2.75, 3.05) is 20.2 Å². The van der Waals surface area contributed by atoms with Crippen molar-refractivity contribution in [3.05, 3.63) is 77.9 Å². The van der Waals surface area contributed by atoms with Crippen LogP contribution in [0.25, 0.3) is 0 Å². The van der Waals surface area contributed by atoms with E-state index in [0.717, 1.165) is 17.7 Å². The number of methoxy groups -OCH3 is 1. The molecule has 160 valence electrons. The van der Waals surface area contributed by atoms with Crippen molar-refractivity contribution < 1.29 is 19.1 Å². The highest BCUT2D eigenvalue weighted by Gasteiger charge is 2.66. The molecule has 3 unspecified atom stereocenters. The van der Waals surface area contributed by atoms with E-state index < -0.39 is 17.4 Å². The van der Waals surface area contributed by atoms with Gasteiger partial charge in [0, 0.05) is 18.7 Å². The number of rotatable bonds is 7. The number of ether oxygens (including phenoxy) is 2.